The van der Waals surface area contributed by atoms with Gasteiger partial charge in [0, 0.05) is 0 Å². The Morgan fingerprint density at radius 1 is 1.19 bits per heavy atom. The van der Waals surface area contributed by atoms with E-state index in [1.54, 1.807) is 25.3 Å². The van der Waals surface area contributed by atoms with Crippen LogP contribution in [0.25, 0.3) is 0 Å². The van der Waals surface area contributed by atoms with Crippen LogP contribution in [-0.2, 0) is 0 Å². The molecule has 0 aliphatic carbocycles. The Kier molecular flexibility index (Phi) is 7.04. The number of nitrogens with two attached hydrogens (primary N) is 1. The molecule has 140 valence electrons. The van der Waals surface area contributed by atoms with Gasteiger partial charge < -0.3 is 20.5 Å². The van der Waals surface area contributed by atoms with Crippen molar-refractivity contribution in [2.24, 2.45) is 5.73 Å². The molecule has 0 fully saturated rings. The summed E-state index contributed by atoms with van der Waals surface area (Å²) in [4.78, 5) is 12.9. The molecule has 0 aromatic heterocycles. The molecule has 1 amide bonds. The second-order valence-corrected chi connectivity index (χ2v) is 6.41. The Labute approximate surface area is 155 Å². The number of carbonyl (C=O) groups excluding carboxylic acids is 1. The van der Waals surface area contributed by atoms with Gasteiger partial charge in [-0.2, -0.15) is 0 Å². The molecule has 0 aliphatic heterocycles. The number of benzene rings is 2. The van der Waals surface area contributed by atoms with E-state index < -0.39 is 0 Å². The molecular formula is C21H28N2O3. The van der Waals surface area contributed by atoms with Crippen molar-refractivity contribution in [1.82, 2.24) is 5.32 Å². The SMILES string of the molecule is COc1ccc(OCCCN)c(C(=O)N[C@@H](C)c2ccc(C)cc2C)c1. The van der Waals surface area contributed by atoms with Crippen LogP contribution < -0.4 is 20.5 Å². The van der Waals surface area contributed by atoms with Crippen LogP contribution in [0.15, 0.2) is 36.4 Å². The lowest BCUT2D eigenvalue weighted by Crippen LogP contribution is -2.27. The topological polar surface area (TPSA) is 73.6 Å². The van der Waals surface area contributed by atoms with Gasteiger partial charge in [0.2, 0.25) is 0 Å². The maximum Gasteiger partial charge on any atom is 0.255 e. The number of nitrogens with one attached hydrogen (secondary N) is 1. The van der Waals surface area contributed by atoms with Crippen molar-refractivity contribution in [2.45, 2.75) is 33.2 Å². The predicted octanol–water partition coefficient (Wildman–Crippen LogP) is 3.53. The van der Waals surface area contributed by atoms with Crippen molar-refractivity contribution in [3.63, 3.8) is 0 Å². The first-order valence-electron chi connectivity index (χ1n) is 8.85. The van der Waals surface area contributed by atoms with Crippen LogP contribution in [0.5, 0.6) is 11.5 Å². The molecule has 2 rings (SSSR count). The fraction of sp³-hybridized carbons (Fsp3) is 0.381. The van der Waals surface area contributed by atoms with Crippen molar-refractivity contribution >= 4 is 5.91 Å². The number of carbonyl (C=O) groups is 1. The van der Waals surface area contributed by atoms with E-state index in [1.807, 2.05) is 6.92 Å². The maximum absolute atomic E-state index is 12.9. The summed E-state index contributed by atoms with van der Waals surface area (Å²) < 4.78 is 11.0. The highest BCUT2D eigenvalue weighted by Gasteiger charge is 2.18. The number of ether oxygens (including phenoxy) is 2. The van der Waals surface area contributed by atoms with Crippen LogP contribution in [0.4, 0.5) is 0 Å². The van der Waals surface area contributed by atoms with E-state index in [0.29, 0.717) is 30.2 Å². The summed E-state index contributed by atoms with van der Waals surface area (Å²) >= 11 is 0. The number of aryl methyl sites for hydroxylation is 2. The summed E-state index contributed by atoms with van der Waals surface area (Å²) in [5.74, 6) is 0.948. The van der Waals surface area contributed by atoms with E-state index in [1.165, 1.54) is 5.56 Å². The largest absolute Gasteiger partial charge is 0.497 e. The highest BCUT2D eigenvalue weighted by Crippen LogP contribution is 2.26. The zero-order valence-electron chi connectivity index (χ0n) is 16.0. The Hall–Kier alpha value is -2.53. The first kappa shape index (κ1) is 19.8. The number of rotatable bonds is 8. The molecule has 2 aromatic carbocycles. The Bertz CT molecular complexity index is 759. The van der Waals surface area contributed by atoms with Crippen molar-refractivity contribution in [3.05, 3.63) is 58.7 Å². The molecule has 0 unspecified atom stereocenters. The monoisotopic (exact) mass is 356 g/mol. The van der Waals surface area contributed by atoms with E-state index in [4.69, 9.17) is 15.2 Å². The molecule has 0 bridgehead atoms. The van der Waals surface area contributed by atoms with Crippen molar-refractivity contribution in [1.29, 1.82) is 0 Å². The van der Waals surface area contributed by atoms with Crippen LogP contribution in [0.3, 0.4) is 0 Å². The Morgan fingerprint density at radius 2 is 1.96 bits per heavy atom. The molecule has 0 heterocycles. The fourth-order valence-corrected chi connectivity index (χ4v) is 2.87. The molecule has 0 saturated heterocycles. The van der Waals surface area contributed by atoms with E-state index in [2.05, 4.69) is 37.4 Å². The average Bonchev–Trinajstić information content (AvgIpc) is 2.61. The van der Waals surface area contributed by atoms with Crippen molar-refractivity contribution in [3.8, 4) is 11.5 Å². The van der Waals surface area contributed by atoms with Crippen LogP contribution in [0.2, 0.25) is 0 Å². The van der Waals surface area contributed by atoms with Crippen LogP contribution in [0, 0.1) is 13.8 Å². The number of hydrogen-bond acceptors (Lipinski definition) is 4. The third kappa shape index (κ3) is 4.99. The molecule has 0 saturated carbocycles. The standard InChI is InChI=1S/C21H28N2O3/c1-14-6-8-18(15(2)12-14)16(3)23-21(24)19-13-17(25-4)7-9-20(19)26-11-5-10-22/h6-9,12-13,16H,5,10-11,22H2,1-4H3,(H,23,24)/t16-/m0/s1. The van der Waals surface area contributed by atoms with E-state index >= 15 is 0 Å². The Balaban J connectivity index is 2.21. The second kappa shape index (κ2) is 9.25. The highest BCUT2D eigenvalue weighted by atomic mass is 16.5. The molecule has 26 heavy (non-hydrogen) atoms. The number of hydrogen-bond donors (Lipinski definition) is 2. The summed E-state index contributed by atoms with van der Waals surface area (Å²) in [7, 11) is 1.57. The Morgan fingerprint density at radius 3 is 2.62 bits per heavy atom. The summed E-state index contributed by atoms with van der Waals surface area (Å²) in [5.41, 5.74) is 9.42. The van der Waals surface area contributed by atoms with Crippen LogP contribution in [0.1, 0.15) is 46.4 Å². The molecule has 2 aromatic rings. The normalized spacial score (nSPS) is 11.7. The summed E-state index contributed by atoms with van der Waals surface area (Å²) in [6.07, 6.45) is 0.728. The lowest BCUT2D eigenvalue weighted by Gasteiger charge is -2.19. The molecule has 1 atom stereocenters. The number of methoxy groups -OCH3 is 1. The maximum atomic E-state index is 12.9. The molecule has 0 aliphatic rings. The van der Waals surface area contributed by atoms with Gasteiger partial charge in [0.25, 0.3) is 5.91 Å². The van der Waals surface area contributed by atoms with Crippen LogP contribution >= 0.6 is 0 Å². The third-order valence-corrected chi connectivity index (χ3v) is 4.28. The zero-order chi connectivity index (χ0) is 19.1. The van der Waals surface area contributed by atoms with Crippen molar-refractivity contribution in [2.75, 3.05) is 20.3 Å². The molecule has 3 N–H and O–H groups in total. The van der Waals surface area contributed by atoms with Gasteiger partial charge in [0.15, 0.2) is 0 Å². The third-order valence-electron chi connectivity index (χ3n) is 4.28. The van der Waals surface area contributed by atoms with Gasteiger partial charge >= 0.3 is 0 Å². The molecule has 5 heteroatoms. The highest BCUT2D eigenvalue weighted by molar-refractivity contribution is 5.97. The average molecular weight is 356 g/mol. The van der Waals surface area contributed by atoms with E-state index in [-0.39, 0.29) is 11.9 Å². The quantitative estimate of drug-likeness (QED) is 0.710. The minimum Gasteiger partial charge on any atom is -0.497 e. The lowest BCUT2D eigenvalue weighted by molar-refractivity contribution is 0.0935. The lowest BCUT2D eigenvalue weighted by atomic mass is 10.00. The summed E-state index contributed by atoms with van der Waals surface area (Å²) in [6, 6.07) is 11.3. The smallest absolute Gasteiger partial charge is 0.255 e. The van der Waals surface area contributed by atoms with E-state index in [9.17, 15) is 4.79 Å². The molecule has 0 radical (unpaired) electrons. The first-order chi connectivity index (χ1) is 12.5. The fourth-order valence-electron chi connectivity index (χ4n) is 2.87. The minimum absolute atomic E-state index is 0.119. The number of amides is 1. The predicted molar refractivity (Wildman–Crippen MR) is 104 cm³/mol. The van der Waals surface area contributed by atoms with Gasteiger partial charge in [-0.15, -0.1) is 0 Å². The second-order valence-electron chi connectivity index (χ2n) is 6.41. The van der Waals surface area contributed by atoms with E-state index in [0.717, 1.165) is 17.5 Å². The molecular weight excluding hydrogens is 328 g/mol. The van der Waals surface area contributed by atoms with Gasteiger partial charge in [-0.25, -0.2) is 0 Å². The minimum atomic E-state index is -0.195. The summed E-state index contributed by atoms with van der Waals surface area (Å²) in [5, 5.41) is 3.06. The van der Waals surface area contributed by atoms with Gasteiger partial charge in [-0.3, -0.25) is 4.79 Å². The molecule has 0 spiro atoms. The van der Waals surface area contributed by atoms with Gasteiger partial charge in [-0.1, -0.05) is 23.8 Å². The molecule has 5 nitrogen and oxygen atoms in total. The van der Waals surface area contributed by atoms with Gasteiger partial charge in [-0.05, 0) is 63.1 Å². The first-order valence-corrected chi connectivity index (χ1v) is 8.85. The summed E-state index contributed by atoms with van der Waals surface area (Å²) in [6.45, 7) is 7.10. The van der Waals surface area contributed by atoms with Gasteiger partial charge in [0.1, 0.15) is 11.5 Å². The zero-order valence-corrected chi connectivity index (χ0v) is 16.0. The van der Waals surface area contributed by atoms with Crippen molar-refractivity contribution < 1.29 is 14.3 Å². The van der Waals surface area contributed by atoms with Gasteiger partial charge in [0.05, 0.1) is 25.3 Å². The van der Waals surface area contributed by atoms with Crippen LogP contribution in [-0.4, -0.2) is 26.2 Å².